The lowest BCUT2D eigenvalue weighted by Crippen LogP contribution is -2.40. The van der Waals surface area contributed by atoms with Gasteiger partial charge in [-0.3, -0.25) is 0 Å². The van der Waals surface area contributed by atoms with Gasteiger partial charge in [0.1, 0.15) is 0 Å². The van der Waals surface area contributed by atoms with E-state index in [0.717, 1.165) is 24.8 Å². The molecule has 0 radical (unpaired) electrons. The Morgan fingerprint density at radius 2 is 1.82 bits per heavy atom. The van der Waals surface area contributed by atoms with Gasteiger partial charge in [0.25, 0.3) is 0 Å². The maximum atomic E-state index is 9.97. The average molecular weight is 241 g/mol. The highest BCUT2D eigenvalue weighted by atomic mass is 16.3. The molecule has 102 valence electrons. The van der Waals surface area contributed by atoms with Crippen molar-refractivity contribution in [1.29, 1.82) is 0 Å². The zero-order valence-corrected chi connectivity index (χ0v) is 12.3. The Kier molecular flexibility index (Phi) is 5.46. The van der Waals surface area contributed by atoms with Gasteiger partial charge in [-0.25, -0.2) is 0 Å². The molecule has 0 heterocycles. The number of aliphatic hydroxyl groups is 1. The van der Waals surface area contributed by atoms with Crippen LogP contribution in [0.3, 0.4) is 0 Å². The smallest absolute Gasteiger partial charge is 0.0669 e. The van der Waals surface area contributed by atoms with E-state index in [-0.39, 0.29) is 11.5 Å². The summed E-state index contributed by atoms with van der Waals surface area (Å²) < 4.78 is 0. The first kappa shape index (κ1) is 15.0. The fourth-order valence-corrected chi connectivity index (χ4v) is 2.81. The van der Waals surface area contributed by atoms with Gasteiger partial charge in [0, 0.05) is 12.6 Å². The molecule has 2 nitrogen and oxygen atoms in total. The molecule has 0 aromatic carbocycles. The van der Waals surface area contributed by atoms with E-state index < -0.39 is 0 Å². The largest absolute Gasteiger partial charge is 0.392 e. The van der Waals surface area contributed by atoms with Crippen molar-refractivity contribution in [2.75, 3.05) is 6.54 Å². The maximum Gasteiger partial charge on any atom is 0.0669 e. The molecule has 17 heavy (non-hydrogen) atoms. The Labute approximate surface area is 107 Å². The summed E-state index contributed by atoms with van der Waals surface area (Å²) in [6.45, 7) is 12.0. The normalized spacial score (nSPS) is 32.5. The zero-order chi connectivity index (χ0) is 13.1. The zero-order valence-electron chi connectivity index (χ0n) is 12.3. The van der Waals surface area contributed by atoms with E-state index in [0.29, 0.717) is 6.04 Å². The Morgan fingerprint density at radius 1 is 1.18 bits per heavy atom. The van der Waals surface area contributed by atoms with Crippen molar-refractivity contribution in [2.45, 2.75) is 72.4 Å². The fourth-order valence-electron chi connectivity index (χ4n) is 2.81. The van der Waals surface area contributed by atoms with E-state index in [4.69, 9.17) is 0 Å². The van der Waals surface area contributed by atoms with Crippen LogP contribution in [0.2, 0.25) is 0 Å². The first-order valence-electron chi connectivity index (χ1n) is 7.19. The molecule has 0 aromatic heterocycles. The molecule has 0 aliphatic heterocycles. The molecule has 0 amide bonds. The maximum absolute atomic E-state index is 9.97. The summed E-state index contributed by atoms with van der Waals surface area (Å²) in [4.78, 5) is 0. The summed E-state index contributed by atoms with van der Waals surface area (Å²) in [7, 11) is 0. The second-order valence-corrected chi connectivity index (χ2v) is 7.29. The predicted octanol–water partition coefficient (Wildman–Crippen LogP) is 3.20. The monoisotopic (exact) mass is 241 g/mol. The lowest BCUT2D eigenvalue weighted by Gasteiger charge is -2.33. The standard InChI is InChI=1S/C15H31NO/c1-11-6-7-13(8-12(11)2)16-10-14(17)9-15(3,4)5/h11-14,16-17H,6-10H2,1-5H3. The van der Waals surface area contributed by atoms with Gasteiger partial charge in [-0.2, -0.15) is 0 Å². The van der Waals surface area contributed by atoms with E-state index in [2.05, 4.69) is 39.9 Å². The van der Waals surface area contributed by atoms with Crippen molar-refractivity contribution < 1.29 is 5.11 Å². The Balaban J connectivity index is 2.22. The summed E-state index contributed by atoms with van der Waals surface area (Å²) in [5.41, 5.74) is 0.218. The van der Waals surface area contributed by atoms with Gasteiger partial charge in [0.15, 0.2) is 0 Å². The van der Waals surface area contributed by atoms with Crippen molar-refractivity contribution in [1.82, 2.24) is 5.32 Å². The molecular weight excluding hydrogens is 210 g/mol. The van der Waals surface area contributed by atoms with Crippen LogP contribution in [-0.4, -0.2) is 23.8 Å². The van der Waals surface area contributed by atoms with Crippen molar-refractivity contribution in [3.8, 4) is 0 Å². The molecule has 0 aromatic rings. The summed E-state index contributed by atoms with van der Waals surface area (Å²) >= 11 is 0. The van der Waals surface area contributed by atoms with Gasteiger partial charge in [0.05, 0.1) is 6.10 Å². The summed E-state index contributed by atoms with van der Waals surface area (Å²) in [6.07, 6.45) is 4.54. The predicted molar refractivity (Wildman–Crippen MR) is 74.0 cm³/mol. The first-order valence-corrected chi connectivity index (χ1v) is 7.19. The van der Waals surface area contributed by atoms with Crippen LogP contribution < -0.4 is 5.32 Å². The van der Waals surface area contributed by atoms with Crippen LogP contribution in [0.5, 0.6) is 0 Å². The van der Waals surface area contributed by atoms with Crippen LogP contribution in [0, 0.1) is 17.3 Å². The topological polar surface area (TPSA) is 32.3 Å². The molecule has 1 saturated carbocycles. The molecule has 1 fully saturated rings. The third-order valence-corrected chi connectivity index (χ3v) is 4.09. The van der Waals surface area contributed by atoms with Gasteiger partial charge >= 0.3 is 0 Å². The number of hydrogen-bond acceptors (Lipinski definition) is 2. The number of hydrogen-bond donors (Lipinski definition) is 2. The fraction of sp³-hybridized carbons (Fsp3) is 1.00. The average Bonchev–Trinajstić information content (AvgIpc) is 2.17. The number of nitrogens with one attached hydrogen (secondary N) is 1. The van der Waals surface area contributed by atoms with E-state index in [9.17, 15) is 5.11 Å². The molecule has 4 atom stereocenters. The molecule has 1 aliphatic rings. The van der Waals surface area contributed by atoms with Gasteiger partial charge < -0.3 is 10.4 Å². The SMILES string of the molecule is CC1CCC(NCC(O)CC(C)(C)C)CC1C. The van der Waals surface area contributed by atoms with E-state index in [1.807, 2.05) is 0 Å². The third kappa shape index (κ3) is 5.87. The Hall–Kier alpha value is -0.0800. The van der Waals surface area contributed by atoms with Crippen molar-refractivity contribution in [3.05, 3.63) is 0 Å². The minimum Gasteiger partial charge on any atom is -0.392 e. The molecule has 1 aliphatic carbocycles. The Morgan fingerprint density at radius 3 is 2.35 bits per heavy atom. The summed E-state index contributed by atoms with van der Waals surface area (Å²) in [5, 5.41) is 13.5. The highest BCUT2D eigenvalue weighted by Crippen LogP contribution is 2.29. The third-order valence-electron chi connectivity index (χ3n) is 4.09. The summed E-state index contributed by atoms with van der Waals surface area (Å²) in [5.74, 6) is 1.69. The lowest BCUT2D eigenvalue weighted by atomic mass is 9.79. The van der Waals surface area contributed by atoms with E-state index in [1.165, 1.54) is 19.3 Å². The quantitative estimate of drug-likeness (QED) is 0.792. The van der Waals surface area contributed by atoms with Crippen molar-refractivity contribution >= 4 is 0 Å². The molecule has 0 saturated heterocycles. The first-order chi connectivity index (χ1) is 7.78. The minimum atomic E-state index is -0.204. The second kappa shape index (κ2) is 6.19. The van der Waals surface area contributed by atoms with Gasteiger partial charge in [-0.1, -0.05) is 34.6 Å². The molecule has 4 unspecified atom stereocenters. The van der Waals surface area contributed by atoms with Crippen molar-refractivity contribution in [3.63, 3.8) is 0 Å². The van der Waals surface area contributed by atoms with Crippen LogP contribution in [-0.2, 0) is 0 Å². The molecule has 0 bridgehead atoms. The molecule has 2 heteroatoms. The van der Waals surface area contributed by atoms with E-state index >= 15 is 0 Å². The second-order valence-electron chi connectivity index (χ2n) is 7.29. The van der Waals surface area contributed by atoms with E-state index in [1.54, 1.807) is 0 Å². The van der Waals surface area contributed by atoms with Gasteiger partial charge in [-0.15, -0.1) is 0 Å². The molecule has 0 spiro atoms. The van der Waals surface area contributed by atoms with Crippen molar-refractivity contribution in [2.24, 2.45) is 17.3 Å². The van der Waals surface area contributed by atoms with Crippen LogP contribution in [0.4, 0.5) is 0 Å². The van der Waals surface area contributed by atoms with Gasteiger partial charge in [0.2, 0.25) is 0 Å². The molecule has 1 rings (SSSR count). The number of aliphatic hydroxyl groups excluding tert-OH is 1. The molecule has 2 N–H and O–H groups in total. The molecular formula is C15H31NO. The lowest BCUT2D eigenvalue weighted by molar-refractivity contribution is 0.110. The summed E-state index contributed by atoms with van der Waals surface area (Å²) in [6, 6.07) is 0.621. The van der Waals surface area contributed by atoms with Crippen LogP contribution in [0.15, 0.2) is 0 Å². The van der Waals surface area contributed by atoms with Gasteiger partial charge in [-0.05, 0) is 42.9 Å². The Bertz CT molecular complexity index is 221. The minimum absolute atomic E-state index is 0.204. The van der Waals surface area contributed by atoms with Crippen LogP contribution >= 0.6 is 0 Å². The van der Waals surface area contributed by atoms with Crippen LogP contribution in [0.25, 0.3) is 0 Å². The van der Waals surface area contributed by atoms with Crippen LogP contribution in [0.1, 0.15) is 60.3 Å². The highest BCUT2D eigenvalue weighted by molar-refractivity contribution is 4.81. The number of rotatable bonds is 4. The highest BCUT2D eigenvalue weighted by Gasteiger charge is 2.25.